The van der Waals surface area contributed by atoms with Gasteiger partial charge in [-0.1, -0.05) is 30.3 Å². The van der Waals surface area contributed by atoms with Crippen molar-refractivity contribution < 1.29 is 9.21 Å². The molecule has 2 aromatic heterocycles. The Labute approximate surface area is 139 Å². The van der Waals surface area contributed by atoms with Crippen LogP contribution in [0.2, 0.25) is 0 Å². The monoisotopic (exact) mass is 325 g/mol. The Bertz CT molecular complexity index is 767. The topological polar surface area (TPSA) is 85.8 Å². The highest BCUT2D eigenvalue weighted by Gasteiger charge is 2.12. The summed E-state index contributed by atoms with van der Waals surface area (Å²) >= 11 is 0. The SMILES string of the molecule is CC(NC(=O)CCCn1nnc(-c2ccccc2)n1)c1ccco1. The number of nitrogens with one attached hydrogen (secondary N) is 1. The van der Waals surface area contributed by atoms with Gasteiger partial charge in [0.15, 0.2) is 0 Å². The van der Waals surface area contributed by atoms with Crippen LogP contribution in [0.4, 0.5) is 0 Å². The van der Waals surface area contributed by atoms with Gasteiger partial charge >= 0.3 is 0 Å². The van der Waals surface area contributed by atoms with Crippen molar-refractivity contribution in [2.45, 2.75) is 32.4 Å². The minimum atomic E-state index is -0.137. The van der Waals surface area contributed by atoms with Gasteiger partial charge in [0.1, 0.15) is 5.76 Å². The van der Waals surface area contributed by atoms with Crippen molar-refractivity contribution in [1.82, 2.24) is 25.5 Å². The number of hydrogen-bond acceptors (Lipinski definition) is 5. The lowest BCUT2D eigenvalue weighted by atomic mass is 10.2. The van der Waals surface area contributed by atoms with Crippen LogP contribution < -0.4 is 5.32 Å². The first-order valence-electron chi connectivity index (χ1n) is 7.88. The zero-order valence-corrected chi connectivity index (χ0v) is 13.4. The van der Waals surface area contributed by atoms with Crippen LogP contribution in [0.25, 0.3) is 11.4 Å². The van der Waals surface area contributed by atoms with E-state index in [-0.39, 0.29) is 11.9 Å². The Hall–Kier alpha value is -2.96. The summed E-state index contributed by atoms with van der Waals surface area (Å²) in [6, 6.07) is 13.2. The van der Waals surface area contributed by atoms with Crippen molar-refractivity contribution in [2.24, 2.45) is 0 Å². The average molecular weight is 325 g/mol. The van der Waals surface area contributed by atoms with Gasteiger partial charge in [0.2, 0.25) is 11.7 Å². The molecule has 0 spiro atoms. The van der Waals surface area contributed by atoms with E-state index in [1.807, 2.05) is 43.3 Å². The fraction of sp³-hybridized carbons (Fsp3) is 0.294. The smallest absolute Gasteiger partial charge is 0.220 e. The molecule has 7 nitrogen and oxygen atoms in total. The Morgan fingerprint density at radius 2 is 2.08 bits per heavy atom. The van der Waals surface area contributed by atoms with E-state index in [0.717, 1.165) is 11.3 Å². The van der Waals surface area contributed by atoms with Crippen LogP contribution in [-0.4, -0.2) is 26.1 Å². The highest BCUT2D eigenvalue weighted by Crippen LogP contribution is 2.13. The maximum absolute atomic E-state index is 11.9. The van der Waals surface area contributed by atoms with E-state index in [9.17, 15) is 4.79 Å². The van der Waals surface area contributed by atoms with Gasteiger partial charge in [0, 0.05) is 12.0 Å². The number of aryl methyl sites for hydroxylation is 1. The number of aromatic nitrogens is 4. The fourth-order valence-corrected chi connectivity index (χ4v) is 2.34. The van der Waals surface area contributed by atoms with Crippen LogP contribution in [-0.2, 0) is 11.3 Å². The second-order valence-electron chi connectivity index (χ2n) is 5.48. The van der Waals surface area contributed by atoms with E-state index in [1.165, 1.54) is 4.80 Å². The molecular formula is C17H19N5O2. The molecule has 0 aliphatic rings. The lowest BCUT2D eigenvalue weighted by molar-refractivity contribution is -0.122. The van der Waals surface area contributed by atoms with Crippen LogP contribution in [0.5, 0.6) is 0 Å². The van der Waals surface area contributed by atoms with E-state index >= 15 is 0 Å². The molecule has 0 bridgehead atoms. The number of benzene rings is 1. The lowest BCUT2D eigenvalue weighted by Crippen LogP contribution is -2.26. The second-order valence-corrected chi connectivity index (χ2v) is 5.48. The van der Waals surface area contributed by atoms with E-state index in [4.69, 9.17) is 4.42 Å². The van der Waals surface area contributed by atoms with Crippen LogP contribution >= 0.6 is 0 Å². The number of carbonyl (C=O) groups is 1. The molecule has 1 unspecified atom stereocenters. The quantitative estimate of drug-likeness (QED) is 0.721. The summed E-state index contributed by atoms with van der Waals surface area (Å²) < 4.78 is 5.27. The van der Waals surface area contributed by atoms with E-state index in [2.05, 4.69) is 20.7 Å². The molecule has 7 heteroatoms. The summed E-state index contributed by atoms with van der Waals surface area (Å²) in [4.78, 5) is 13.5. The molecule has 124 valence electrons. The first-order chi connectivity index (χ1) is 11.7. The summed E-state index contributed by atoms with van der Waals surface area (Å²) in [5, 5.41) is 15.3. The summed E-state index contributed by atoms with van der Waals surface area (Å²) in [5.74, 6) is 1.31. The molecule has 0 aliphatic heterocycles. The second kappa shape index (κ2) is 7.54. The molecule has 0 saturated carbocycles. The summed E-state index contributed by atoms with van der Waals surface area (Å²) in [6.07, 6.45) is 2.63. The van der Waals surface area contributed by atoms with Gasteiger partial charge in [0.05, 0.1) is 18.8 Å². The molecule has 0 aliphatic carbocycles. The van der Waals surface area contributed by atoms with Crippen molar-refractivity contribution in [2.75, 3.05) is 0 Å². The number of nitrogens with zero attached hydrogens (tertiary/aromatic N) is 4. The maximum Gasteiger partial charge on any atom is 0.220 e. The first-order valence-corrected chi connectivity index (χ1v) is 7.88. The molecule has 3 rings (SSSR count). The molecule has 1 atom stereocenters. The predicted molar refractivity (Wildman–Crippen MR) is 87.8 cm³/mol. The van der Waals surface area contributed by atoms with E-state index in [0.29, 0.717) is 25.2 Å². The Morgan fingerprint density at radius 3 is 2.83 bits per heavy atom. The number of carbonyl (C=O) groups excluding carboxylic acids is 1. The van der Waals surface area contributed by atoms with Gasteiger partial charge in [0.25, 0.3) is 0 Å². The van der Waals surface area contributed by atoms with Crippen molar-refractivity contribution in [3.63, 3.8) is 0 Å². The van der Waals surface area contributed by atoms with Crippen LogP contribution in [0.3, 0.4) is 0 Å². The Morgan fingerprint density at radius 1 is 1.25 bits per heavy atom. The minimum Gasteiger partial charge on any atom is -0.467 e. The number of furan rings is 1. The summed E-state index contributed by atoms with van der Waals surface area (Å²) in [7, 11) is 0. The third kappa shape index (κ3) is 4.07. The highest BCUT2D eigenvalue weighted by atomic mass is 16.3. The van der Waals surface area contributed by atoms with Crippen molar-refractivity contribution in [3.05, 3.63) is 54.5 Å². The first kappa shape index (κ1) is 15.9. The summed E-state index contributed by atoms with van der Waals surface area (Å²) in [5.41, 5.74) is 0.925. The molecule has 2 heterocycles. The molecule has 0 fully saturated rings. The van der Waals surface area contributed by atoms with Crippen LogP contribution in [0.15, 0.2) is 53.1 Å². The molecule has 1 aromatic carbocycles. The van der Waals surface area contributed by atoms with Crippen molar-refractivity contribution in [3.8, 4) is 11.4 Å². The lowest BCUT2D eigenvalue weighted by Gasteiger charge is -2.11. The largest absolute Gasteiger partial charge is 0.467 e. The van der Waals surface area contributed by atoms with E-state index < -0.39 is 0 Å². The van der Waals surface area contributed by atoms with Crippen LogP contribution in [0.1, 0.15) is 31.6 Å². The number of amides is 1. The molecule has 0 saturated heterocycles. The Balaban J connectivity index is 1.45. The highest BCUT2D eigenvalue weighted by molar-refractivity contribution is 5.76. The maximum atomic E-state index is 11.9. The molecule has 3 aromatic rings. The zero-order chi connectivity index (χ0) is 16.8. The third-order valence-corrected chi connectivity index (χ3v) is 3.59. The molecule has 1 N–H and O–H groups in total. The number of rotatable bonds is 7. The van der Waals surface area contributed by atoms with Crippen molar-refractivity contribution >= 4 is 5.91 Å². The molecule has 24 heavy (non-hydrogen) atoms. The normalized spacial score (nSPS) is 12.0. The van der Waals surface area contributed by atoms with E-state index in [1.54, 1.807) is 12.3 Å². The zero-order valence-electron chi connectivity index (χ0n) is 13.4. The minimum absolute atomic E-state index is 0.0256. The summed E-state index contributed by atoms with van der Waals surface area (Å²) in [6.45, 7) is 2.43. The van der Waals surface area contributed by atoms with Gasteiger partial charge in [-0.05, 0) is 30.7 Å². The molecular weight excluding hydrogens is 306 g/mol. The predicted octanol–water partition coefficient (Wildman–Crippen LogP) is 2.59. The van der Waals surface area contributed by atoms with Crippen molar-refractivity contribution in [1.29, 1.82) is 0 Å². The van der Waals surface area contributed by atoms with Crippen LogP contribution in [0, 0.1) is 0 Å². The van der Waals surface area contributed by atoms with Gasteiger partial charge in [-0.3, -0.25) is 4.79 Å². The molecule has 1 amide bonds. The fourth-order valence-electron chi connectivity index (χ4n) is 2.34. The standard InChI is InChI=1S/C17H19N5O2/c1-13(15-9-6-12-24-15)18-16(23)10-5-11-22-20-17(19-21-22)14-7-3-2-4-8-14/h2-4,6-9,12-13H,5,10-11H2,1H3,(H,18,23). The van der Waals surface area contributed by atoms with Gasteiger partial charge in [-0.25, -0.2) is 0 Å². The average Bonchev–Trinajstić information content (AvgIpc) is 3.27. The van der Waals surface area contributed by atoms with Gasteiger partial charge in [-0.15, -0.1) is 10.2 Å². The van der Waals surface area contributed by atoms with Gasteiger partial charge < -0.3 is 9.73 Å². The third-order valence-electron chi connectivity index (χ3n) is 3.59. The Kier molecular flexibility index (Phi) is 5.00. The number of hydrogen-bond donors (Lipinski definition) is 1. The number of tetrazole rings is 1. The molecule has 0 radical (unpaired) electrons. The van der Waals surface area contributed by atoms with Gasteiger partial charge in [-0.2, -0.15) is 4.80 Å².